The number of hydrogen-bond donors (Lipinski definition) is 1. The lowest BCUT2D eigenvalue weighted by atomic mass is 9.90. The summed E-state index contributed by atoms with van der Waals surface area (Å²) in [4.78, 5) is 14.1. The molecule has 0 unspecified atom stereocenters. The summed E-state index contributed by atoms with van der Waals surface area (Å²) in [7, 11) is 0. The van der Waals surface area contributed by atoms with Gasteiger partial charge in [0.1, 0.15) is 17.5 Å². The molecular weight excluding hydrogens is 266 g/mol. The first kappa shape index (κ1) is 14.4. The van der Waals surface area contributed by atoms with Gasteiger partial charge >= 0.3 is 0 Å². The summed E-state index contributed by atoms with van der Waals surface area (Å²) in [5, 5.41) is 10.5. The minimum atomic E-state index is -0.897. The van der Waals surface area contributed by atoms with Gasteiger partial charge in [-0.1, -0.05) is 18.2 Å². The number of aliphatic hydroxyl groups is 1. The van der Waals surface area contributed by atoms with E-state index in [0.29, 0.717) is 31.8 Å². The maximum atomic E-state index is 12.2. The minimum absolute atomic E-state index is 0.203. The highest BCUT2D eigenvalue weighted by atomic mass is 16.5. The van der Waals surface area contributed by atoms with E-state index in [1.165, 1.54) is 12.8 Å². The van der Waals surface area contributed by atoms with Crippen molar-refractivity contribution in [1.82, 2.24) is 4.90 Å². The molecule has 1 aromatic carbocycles. The van der Waals surface area contributed by atoms with Crippen LogP contribution >= 0.6 is 0 Å². The van der Waals surface area contributed by atoms with Crippen LogP contribution in [0, 0.1) is 5.92 Å². The number of carbonyl (C=O) groups excluding carboxylic acids is 1. The van der Waals surface area contributed by atoms with Gasteiger partial charge in [-0.05, 0) is 44.2 Å². The molecule has 4 nitrogen and oxygen atoms in total. The van der Waals surface area contributed by atoms with E-state index in [-0.39, 0.29) is 12.0 Å². The zero-order valence-electron chi connectivity index (χ0n) is 12.5. The van der Waals surface area contributed by atoms with E-state index < -0.39 is 5.60 Å². The van der Waals surface area contributed by atoms with Crippen LogP contribution in [0.3, 0.4) is 0 Å². The van der Waals surface area contributed by atoms with Crippen molar-refractivity contribution >= 4 is 5.91 Å². The molecule has 1 heterocycles. The fourth-order valence-corrected chi connectivity index (χ4v) is 2.76. The number of nitrogens with zero attached hydrogens (tertiary/aromatic N) is 1. The van der Waals surface area contributed by atoms with Crippen molar-refractivity contribution in [2.45, 2.75) is 44.3 Å². The second-order valence-electron chi connectivity index (χ2n) is 6.51. The van der Waals surface area contributed by atoms with Crippen LogP contribution in [0.15, 0.2) is 30.3 Å². The van der Waals surface area contributed by atoms with Gasteiger partial charge in [-0.25, -0.2) is 0 Å². The number of piperidine rings is 1. The Labute approximate surface area is 125 Å². The average molecular weight is 289 g/mol. The highest BCUT2D eigenvalue weighted by Crippen LogP contribution is 2.34. The Balaban J connectivity index is 1.65. The molecule has 1 saturated heterocycles. The van der Waals surface area contributed by atoms with Gasteiger partial charge < -0.3 is 14.7 Å². The lowest BCUT2D eigenvalue weighted by Crippen LogP contribution is -2.57. The number of amides is 1. The predicted octanol–water partition coefficient (Wildman–Crippen LogP) is 2.22. The van der Waals surface area contributed by atoms with Gasteiger partial charge in [0.2, 0.25) is 5.91 Å². The molecule has 1 amide bonds. The van der Waals surface area contributed by atoms with Crippen LogP contribution in [0.4, 0.5) is 0 Å². The Morgan fingerprint density at radius 3 is 2.76 bits per heavy atom. The zero-order valence-corrected chi connectivity index (χ0v) is 12.5. The zero-order chi connectivity index (χ0) is 14.9. The van der Waals surface area contributed by atoms with Crippen molar-refractivity contribution in [3.05, 3.63) is 30.3 Å². The molecule has 0 spiro atoms. The van der Waals surface area contributed by atoms with E-state index >= 15 is 0 Å². The molecule has 1 aliphatic heterocycles. The topological polar surface area (TPSA) is 49.8 Å². The van der Waals surface area contributed by atoms with E-state index in [1.807, 2.05) is 35.2 Å². The van der Waals surface area contributed by atoms with Crippen LogP contribution in [0.2, 0.25) is 0 Å². The van der Waals surface area contributed by atoms with E-state index in [0.717, 1.165) is 5.75 Å². The van der Waals surface area contributed by atoms with Crippen LogP contribution in [0.1, 0.15) is 32.6 Å². The van der Waals surface area contributed by atoms with E-state index in [9.17, 15) is 9.90 Å². The van der Waals surface area contributed by atoms with E-state index in [1.54, 1.807) is 6.92 Å². The lowest BCUT2D eigenvalue weighted by molar-refractivity contribution is -0.143. The van der Waals surface area contributed by atoms with Crippen LogP contribution in [-0.2, 0) is 4.79 Å². The van der Waals surface area contributed by atoms with Gasteiger partial charge in [0.25, 0.3) is 0 Å². The normalized spacial score (nSPS) is 29.2. The second kappa shape index (κ2) is 5.68. The number of carbonyl (C=O) groups is 1. The highest BCUT2D eigenvalue weighted by Gasteiger charge is 2.41. The van der Waals surface area contributed by atoms with Crippen LogP contribution in [0.25, 0.3) is 0 Å². The molecule has 0 aromatic heterocycles. The van der Waals surface area contributed by atoms with Gasteiger partial charge in [-0.3, -0.25) is 4.79 Å². The fourth-order valence-electron chi connectivity index (χ4n) is 2.76. The van der Waals surface area contributed by atoms with Crippen LogP contribution < -0.4 is 4.74 Å². The summed E-state index contributed by atoms with van der Waals surface area (Å²) in [6, 6.07) is 9.49. The van der Waals surface area contributed by atoms with E-state index in [4.69, 9.17) is 4.74 Å². The molecule has 1 N–H and O–H groups in total. The Morgan fingerprint density at radius 1 is 1.38 bits per heavy atom. The molecule has 1 aromatic rings. The Kier molecular flexibility index (Phi) is 3.89. The standard InChI is InChI=1S/C17H23NO3/c1-17(20)9-10-18(16(19)11-13-7-8-13)12-15(17)21-14-5-3-2-4-6-14/h2-6,13,15,20H,7-12H2,1H3/t15-,17-/m1/s1. The number of ether oxygens (including phenoxy) is 1. The second-order valence-corrected chi connectivity index (χ2v) is 6.51. The Morgan fingerprint density at radius 2 is 2.10 bits per heavy atom. The molecule has 1 saturated carbocycles. The van der Waals surface area contributed by atoms with Crippen molar-refractivity contribution in [2.75, 3.05) is 13.1 Å². The third-order valence-electron chi connectivity index (χ3n) is 4.50. The van der Waals surface area contributed by atoms with Gasteiger partial charge in [0, 0.05) is 13.0 Å². The summed E-state index contributed by atoms with van der Waals surface area (Å²) < 4.78 is 5.93. The number of benzene rings is 1. The summed E-state index contributed by atoms with van der Waals surface area (Å²) in [6.07, 6.45) is 3.20. The van der Waals surface area contributed by atoms with Gasteiger partial charge in [0.05, 0.1) is 6.54 Å². The fraction of sp³-hybridized carbons (Fsp3) is 0.588. The molecule has 1 aliphatic carbocycles. The molecule has 0 radical (unpaired) electrons. The monoisotopic (exact) mass is 289 g/mol. The molecule has 2 atom stereocenters. The summed E-state index contributed by atoms with van der Waals surface area (Å²) >= 11 is 0. The van der Waals surface area contributed by atoms with Crippen molar-refractivity contribution in [3.63, 3.8) is 0 Å². The van der Waals surface area contributed by atoms with Crippen molar-refractivity contribution in [3.8, 4) is 5.75 Å². The first-order valence-electron chi connectivity index (χ1n) is 7.76. The van der Waals surface area contributed by atoms with Crippen molar-refractivity contribution in [1.29, 1.82) is 0 Å². The number of rotatable bonds is 4. The third kappa shape index (κ3) is 3.56. The molecule has 4 heteroatoms. The number of hydrogen-bond acceptors (Lipinski definition) is 3. The van der Waals surface area contributed by atoms with Gasteiger partial charge in [-0.2, -0.15) is 0 Å². The molecule has 21 heavy (non-hydrogen) atoms. The lowest BCUT2D eigenvalue weighted by Gasteiger charge is -2.42. The molecule has 2 fully saturated rings. The average Bonchev–Trinajstić information content (AvgIpc) is 3.26. The van der Waals surface area contributed by atoms with Crippen LogP contribution in [-0.4, -0.2) is 40.7 Å². The first-order valence-corrected chi connectivity index (χ1v) is 7.76. The first-order chi connectivity index (χ1) is 10.0. The molecule has 114 valence electrons. The Hall–Kier alpha value is -1.55. The van der Waals surface area contributed by atoms with Gasteiger partial charge in [0.15, 0.2) is 0 Å². The molecular formula is C17H23NO3. The summed E-state index contributed by atoms with van der Waals surface area (Å²) in [6.45, 7) is 2.88. The highest BCUT2D eigenvalue weighted by molar-refractivity contribution is 5.77. The van der Waals surface area contributed by atoms with Crippen molar-refractivity contribution in [2.24, 2.45) is 5.92 Å². The Bertz CT molecular complexity index is 496. The third-order valence-corrected chi connectivity index (χ3v) is 4.50. The molecule has 3 rings (SSSR count). The van der Waals surface area contributed by atoms with Crippen LogP contribution in [0.5, 0.6) is 5.75 Å². The maximum Gasteiger partial charge on any atom is 0.222 e. The summed E-state index contributed by atoms with van der Waals surface area (Å²) in [5.74, 6) is 1.53. The van der Waals surface area contributed by atoms with E-state index in [2.05, 4.69) is 0 Å². The van der Waals surface area contributed by atoms with Crippen molar-refractivity contribution < 1.29 is 14.6 Å². The summed E-state index contributed by atoms with van der Waals surface area (Å²) in [5.41, 5.74) is -0.897. The molecule has 0 bridgehead atoms. The largest absolute Gasteiger partial charge is 0.486 e. The minimum Gasteiger partial charge on any atom is -0.486 e. The van der Waals surface area contributed by atoms with Gasteiger partial charge in [-0.15, -0.1) is 0 Å². The maximum absolute atomic E-state index is 12.2. The quantitative estimate of drug-likeness (QED) is 0.924. The predicted molar refractivity (Wildman–Crippen MR) is 80.0 cm³/mol. The number of para-hydroxylation sites is 1. The number of likely N-dealkylation sites (tertiary alicyclic amines) is 1. The molecule has 2 aliphatic rings. The smallest absolute Gasteiger partial charge is 0.222 e. The SMILES string of the molecule is C[C@@]1(O)CCN(C(=O)CC2CC2)C[C@H]1Oc1ccccc1.